The van der Waals surface area contributed by atoms with Crippen LogP contribution >= 0.6 is 0 Å². The summed E-state index contributed by atoms with van der Waals surface area (Å²) in [6.07, 6.45) is 2.87. The van der Waals surface area contributed by atoms with Crippen LogP contribution in [0.5, 0.6) is 11.6 Å². The molecule has 0 unspecified atom stereocenters. The van der Waals surface area contributed by atoms with Crippen molar-refractivity contribution in [2.45, 2.75) is 13.8 Å². The molecule has 0 saturated carbocycles. The van der Waals surface area contributed by atoms with Gasteiger partial charge in [0.05, 0.1) is 12.4 Å². The summed E-state index contributed by atoms with van der Waals surface area (Å²) in [5.41, 5.74) is 7.85. The molecule has 3 N–H and O–H groups in total. The van der Waals surface area contributed by atoms with Crippen LogP contribution in [0, 0.1) is 19.3 Å². The highest BCUT2D eigenvalue weighted by atomic mass is 16.5. The summed E-state index contributed by atoms with van der Waals surface area (Å²) < 4.78 is 5.61. The lowest BCUT2D eigenvalue weighted by molar-refractivity contribution is 0.456. The van der Waals surface area contributed by atoms with Gasteiger partial charge in [0.25, 0.3) is 0 Å². The fourth-order valence-electron chi connectivity index (χ4n) is 1.53. The zero-order chi connectivity index (χ0) is 13.1. The van der Waals surface area contributed by atoms with Gasteiger partial charge in [0, 0.05) is 0 Å². The van der Waals surface area contributed by atoms with Crippen LogP contribution in [0.1, 0.15) is 16.8 Å². The van der Waals surface area contributed by atoms with Gasteiger partial charge in [-0.25, -0.2) is 9.97 Å². The zero-order valence-electron chi connectivity index (χ0n) is 10.3. The van der Waals surface area contributed by atoms with E-state index in [0.717, 1.165) is 11.3 Å². The molecule has 0 aliphatic carbocycles. The Morgan fingerprint density at radius 3 is 2.56 bits per heavy atom. The molecule has 0 spiro atoms. The summed E-state index contributed by atoms with van der Waals surface area (Å²) in [7, 11) is 0. The first kappa shape index (κ1) is 12.0. The minimum atomic E-state index is -0.111. The highest BCUT2D eigenvalue weighted by Gasteiger charge is 2.04. The molecule has 18 heavy (non-hydrogen) atoms. The fraction of sp³-hybridized carbons (Fsp3) is 0.154. The van der Waals surface area contributed by atoms with E-state index in [9.17, 15) is 0 Å². The van der Waals surface area contributed by atoms with Crippen molar-refractivity contribution in [2.75, 3.05) is 0 Å². The number of nitrogens with two attached hydrogens (primary N) is 1. The second-order valence-corrected chi connectivity index (χ2v) is 4.02. The molecular weight excluding hydrogens is 228 g/mol. The predicted octanol–water partition coefficient (Wildman–Crippen LogP) is 2.17. The Labute approximate surface area is 105 Å². The van der Waals surface area contributed by atoms with Crippen LogP contribution < -0.4 is 10.5 Å². The van der Waals surface area contributed by atoms with Gasteiger partial charge >= 0.3 is 0 Å². The lowest BCUT2D eigenvalue weighted by Crippen LogP contribution is -2.13. The van der Waals surface area contributed by atoms with Gasteiger partial charge in [0.15, 0.2) is 0 Å². The number of amidine groups is 1. The van der Waals surface area contributed by atoms with Gasteiger partial charge in [0.1, 0.15) is 17.3 Å². The summed E-state index contributed by atoms with van der Waals surface area (Å²) in [6.45, 7) is 4.00. The van der Waals surface area contributed by atoms with E-state index in [4.69, 9.17) is 15.9 Å². The van der Waals surface area contributed by atoms with Gasteiger partial charge in [-0.05, 0) is 25.5 Å². The second kappa shape index (κ2) is 4.83. The minimum Gasteiger partial charge on any atom is -0.437 e. The molecule has 1 heterocycles. The molecule has 0 fully saturated rings. The number of nitrogens with zero attached hydrogens (tertiary/aromatic N) is 2. The molecule has 0 radical (unpaired) electrons. The lowest BCUT2D eigenvalue weighted by atomic mass is 10.1. The summed E-state index contributed by atoms with van der Waals surface area (Å²) >= 11 is 0. The van der Waals surface area contributed by atoms with Gasteiger partial charge in [-0.2, -0.15) is 0 Å². The number of ether oxygens (including phenoxy) is 1. The summed E-state index contributed by atoms with van der Waals surface area (Å²) in [5, 5.41) is 7.22. The quantitative estimate of drug-likeness (QED) is 0.638. The molecule has 2 rings (SSSR count). The highest BCUT2D eigenvalue weighted by Crippen LogP contribution is 2.23. The average molecular weight is 242 g/mol. The topological polar surface area (TPSA) is 84.9 Å². The Bertz CT molecular complexity index is 578. The van der Waals surface area contributed by atoms with Crippen molar-refractivity contribution >= 4 is 5.84 Å². The van der Waals surface area contributed by atoms with Crippen LogP contribution in [-0.4, -0.2) is 15.8 Å². The monoisotopic (exact) mass is 242 g/mol. The van der Waals surface area contributed by atoms with E-state index in [-0.39, 0.29) is 5.84 Å². The molecule has 92 valence electrons. The van der Waals surface area contributed by atoms with E-state index < -0.39 is 0 Å². The molecule has 2 aromatic rings. The molecule has 1 aromatic heterocycles. The average Bonchev–Trinajstić information content (AvgIpc) is 2.33. The van der Waals surface area contributed by atoms with E-state index in [2.05, 4.69) is 9.97 Å². The van der Waals surface area contributed by atoms with E-state index in [0.29, 0.717) is 11.6 Å². The first-order valence-corrected chi connectivity index (χ1v) is 5.48. The minimum absolute atomic E-state index is 0.111. The molecule has 0 aliphatic heterocycles. The van der Waals surface area contributed by atoms with Gasteiger partial charge in [-0.3, -0.25) is 5.41 Å². The maximum atomic E-state index is 7.22. The number of aromatic nitrogens is 2. The lowest BCUT2D eigenvalue weighted by Gasteiger charge is -2.08. The maximum absolute atomic E-state index is 7.22. The van der Waals surface area contributed by atoms with Gasteiger partial charge in [0.2, 0.25) is 5.88 Å². The number of rotatable bonds is 3. The number of hydrogen-bond acceptors (Lipinski definition) is 4. The van der Waals surface area contributed by atoms with Crippen LogP contribution in [0.15, 0.2) is 30.6 Å². The van der Waals surface area contributed by atoms with E-state index in [1.165, 1.54) is 18.0 Å². The molecule has 0 aliphatic rings. The molecule has 5 nitrogen and oxygen atoms in total. The SMILES string of the molecule is Cc1ccc(Oc2cnc(C(=N)N)cn2)c(C)c1. The van der Waals surface area contributed by atoms with Crippen molar-refractivity contribution in [3.63, 3.8) is 0 Å². The highest BCUT2D eigenvalue weighted by molar-refractivity contribution is 5.92. The van der Waals surface area contributed by atoms with Gasteiger partial charge < -0.3 is 10.5 Å². The first-order valence-electron chi connectivity index (χ1n) is 5.48. The van der Waals surface area contributed by atoms with Crippen LogP contribution in [0.3, 0.4) is 0 Å². The largest absolute Gasteiger partial charge is 0.437 e. The van der Waals surface area contributed by atoms with E-state index >= 15 is 0 Å². The van der Waals surface area contributed by atoms with E-state index in [1.54, 1.807) is 0 Å². The van der Waals surface area contributed by atoms with Crippen molar-refractivity contribution in [3.8, 4) is 11.6 Å². The van der Waals surface area contributed by atoms with Crippen LogP contribution in [0.25, 0.3) is 0 Å². The normalized spacial score (nSPS) is 10.1. The standard InChI is InChI=1S/C13H14N4O/c1-8-3-4-11(9(2)5-8)18-12-7-16-10(6-17-12)13(14)15/h3-7H,1-2H3,(H3,14,15). The summed E-state index contributed by atoms with van der Waals surface area (Å²) in [6, 6.07) is 5.90. The maximum Gasteiger partial charge on any atom is 0.237 e. The van der Waals surface area contributed by atoms with E-state index in [1.807, 2.05) is 32.0 Å². The number of aryl methyl sites for hydroxylation is 2. The zero-order valence-corrected chi connectivity index (χ0v) is 10.3. The number of benzene rings is 1. The predicted molar refractivity (Wildman–Crippen MR) is 69.0 cm³/mol. The smallest absolute Gasteiger partial charge is 0.237 e. The van der Waals surface area contributed by atoms with Gasteiger partial charge in [-0.15, -0.1) is 0 Å². The van der Waals surface area contributed by atoms with Crippen molar-refractivity contribution in [2.24, 2.45) is 5.73 Å². The van der Waals surface area contributed by atoms with Crippen molar-refractivity contribution in [3.05, 3.63) is 47.4 Å². The fourth-order valence-corrected chi connectivity index (χ4v) is 1.53. The Kier molecular flexibility index (Phi) is 3.23. The number of hydrogen-bond donors (Lipinski definition) is 2. The molecule has 0 bridgehead atoms. The first-order chi connectivity index (χ1) is 8.56. The third-order valence-electron chi connectivity index (χ3n) is 2.45. The summed E-state index contributed by atoms with van der Waals surface area (Å²) in [5.74, 6) is 1.01. The second-order valence-electron chi connectivity index (χ2n) is 4.02. The Morgan fingerprint density at radius 2 is 2.00 bits per heavy atom. The molecule has 0 amide bonds. The van der Waals surface area contributed by atoms with Crippen molar-refractivity contribution < 1.29 is 4.74 Å². The Morgan fingerprint density at radius 1 is 1.22 bits per heavy atom. The van der Waals surface area contributed by atoms with Crippen molar-refractivity contribution in [1.29, 1.82) is 5.41 Å². The van der Waals surface area contributed by atoms with Gasteiger partial charge in [-0.1, -0.05) is 17.7 Å². The Balaban J connectivity index is 2.21. The van der Waals surface area contributed by atoms with Crippen LogP contribution in [0.4, 0.5) is 0 Å². The third kappa shape index (κ3) is 2.63. The number of nitrogen functional groups attached to an aromatic ring is 1. The summed E-state index contributed by atoms with van der Waals surface area (Å²) in [4.78, 5) is 8.04. The third-order valence-corrected chi connectivity index (χ3v) is 2.45. The molecular formula is C13H14N4O. The number of nitrogens with one attached hydrogen (secondary N) is 1. The van der Waals surface area contributed by atoms with Crippen LogP contribution in [0.2, 0.25) is 0 Å². The van der Waals surface area contributed by atoms with Crippen LogP contribution in [-0.2, 0) is 0 Å². The molecule has 0 atom stereocenters. The molecule has 1 aromatic carbocycles. The Hall–Kier alpha value is -2.43. The molecule has 0 saturated heterocycles. The van der Waals surface area contributed by atoms with Crippen molar-refractivity contribution in [1.82, 2.24) is 9.97 Å². The molecule has 5 heteroatoms.